The second-order valence-electron chi connectivity index (χ2n) is 8.42. The van der Waals surface area contributed by atoms with Crippen molar-refractivity contribution >= 4 is 41.4 Å². The van der Waals surface area contributed by atoms with Gasteiger partial charge in [0.2, 0.25) is 15.7 Å². The Morgan fingerprint density at radius 2 is 1.88 bits per heavy atom. The Morgan fingerprint density at radius 3 is 2.47 bits per heavy atom. The Bertz CT molecular complexity index is 1250. The predicted molar refractivity (Wildman–Crippen MR) is 142 cm³/mol. The van der Waals surface area contributed by atoms with E-state index in [0.717, 1.165) is 39.8 Å². The van der Waals surface area contributed by atoms with Gasteiger partial charge in [0.15, 0.2) is 0 Å². The molecule has 1 aromatic carbocycles. The number of hydrogen-bond donors (Lipinski definition) is 1. The van der Waals surface area contributed by atoms with Gasteiger partial charge in [0.25, 0.3) is 5.91 Å². The van der Waals surface area contributed by atoms with Gasteiger partial charge in [-0.05, 0) is 56.2 Å². The van der Waals surface area contributed by atoms with Crippen molar-refractivity contribution in [2.24, 2.45) is 0 Å². The molecule has 1 N–H and O–H groups in total. The molecule has 3 aromatic rings. The lowest BCUT2D eigenvalue weighted by atomic mass is 10.0. The number of nitrogens with zero attached hydrogens (tertiary/aromatic N) is 2. The standard InChI is InChI=1S/C25H34N3O4PS/c1-6-18-10-12-19(13-11-18)22-21(24(29)26-3)20-16-17(2)23(27-25(20)32-22)28(34(5,30)31)14-8-7-9-15-33-4/h10-13,16,33H,6-9,14-15H2,1-5H3,(H,26,29). The van der Waals surface area contributed by atoms with E-state index in [4.69, 9.17) is 4.42 Å². The largest absolute Gasteiger partial charge is 0.437 e. The highest BCUT2D eigenvalue weighted by Crippen LogP contribution is 2.36. The van der Waals surface area contributed by atoms with Gasteiger partial charge in [0.05, 0.1) is 17.2 Å². The number of anilines is 1. The molecule has 3 rings (SSSR count). The summed E-state index contributed by atoms with van der Waals surface area (Å²) in [6.45, 7) is 6.43. The minimum Gasteiger partial charge on any atom is -0.437 e. The van der Waals surface area contributed by atoms with E-state index in [-0.39, 0.29) is 11.6 Å². The zero-order valence-corrected chi connectivity index (χ0v) is 22.4. The summed E-state index contributed by atoms with van der Waals surface area (Å²) in [6.07, 6.45) is 6.09. The molecule has 0 aliphatic heterocycles. The highest BCUT2D eigenvalue weighted by atomic mass is 32.2. The third-order valence-corrected chi connectivity index (χ3v) is 7.86. The van der Waals surface area contributed by atoms with E-state index in [9.17, 15) is 13.2 Å². The Morgan fingerprint density at radius 1 is 1.18 bits per heavy atom. The van der Waals surface area contributed by atoms with Crippen LogP contribution in [-0.4, -0.2) is 52.0 Å². The van der Waals surface area contributed by atoms with Gasteiger partial charge in [-0.1, -0.05) is 37.6 Å². The monoisotopic (exact) mass is 503 g/mol. The lowest BCUT2D eigenvalue weighted by molar-refractivity contribution is 0.0964. The second-order valence-corrected chi connectivity index (χ2v) is 11.5. The molecule has 2 heterocycles. The fourth-order valence-electron chi connectivity index (χ4n) is 3.98. The van der Waals surface area contributed by atoms with Crippen LogP contribution in [0.4, 0.5) is 5.82 Å². The number of amides is 1. The first-order chi connectivity index (χ1) is 16.2. The van der Waals surface area contributed by atoms with Crippen LogP contribution in [0.25, 0.3) is 22.4 Å². The maximum Gasteiger partial charge on any atom is 0.255 e. The zero-order valence-electron chi connectivity index (χ0n) is 20.6. The summed E-state index contributed by atoms with van der Waals surface area (Å²) in [6, 6.07) is 9.66. The van der Waals surface area contributed by atoms with Crippen LogP contribution in [0.1, 0.15) is 47.7 Å². The molecule has 0 saturated heterocycles. The maximum absolute atomic E-state index is 12.8. The molecule has 34 heavy (non-hydrogen) atoms. The number of aromatic nitrogens is 1. The predicted octanol–water partition coefficient (Wildman–Crippen LogP) is 4.97. The number of carbonyl (C=O) groups excluding carboxylic acids is 1. The van der Waals surface area contributed by atoms with Crippen LogP contribution in [0.5, 0.6) is 0 Å². The Hall–Kier alpha value is -2.44. The fourth-order valence-corrected chi connectivity index (χ4v) is 5.54. The molecule has 0 aliphatic rings. The van der Waals surface area contributed by atoms with Crippen molar-refractivity contribution in [2.45, 2.75) is 39.5 Å². The number of nitrogens with one attached hydrogen (secondary N) is 1. The molecule has 184 valence electrons. The first-order valence-corrected chi connectivity index (χ1v) is 15.1. The van der Waals surface area contributed by atoms with E-state index in [0.29, 0.717) is 34.6 Å². The summed E-state index contributed by atoms with van der Waals surface area (Å²) in [5.74, 6) is 0.490. The lowest BCUT2D eigenvalue weighted by Crippen LogP contribution is -2.32. The summed E-state index contributed by atoms with van der Waals surface area (Å²) in [7, 11) is -1.05. The van der Waals surface area contributed by atoms with Crippen LogP contribution in [0.15, 0.2) is 34.7 Å². The molecule has 0 spiro atoms. The van der Waals surface area contributed by atoms with Crippen molar-refractivity contribution < 1.29 is 17.6 Å². The Balaban J connectivity index is 2.09. The Kier molecular flexibility index (Phi) is 8.72. The van der Waals surface area contributed by atoms with E-state index in [2.05, 4.69) is 23.9 Å². The molecule has 9 heteroatoms. The SMILES string of the molecule is CCc1ccc(-c2oc3nc(N(CCCCCPC)S(C)(=O)=O)c(C)cc3c2C(=O)NC)cc1. The first kappa shape index (κ1) is 26.2. The second kappa shape index (κ2) is 11.3. The van der Waals surface area contributed by atoms with Crippen molar-refractivity contribution in [3.63, 3.8) is 0 Å². The number of rotatable bonds is 11. The topological polar surface area (TPSA) is 92.5 Å². The molecule has 7 nitrogen and oxygen atoms in total. The molecule has 1 unspecified atom stereocenters. The highest BCUT2D eigenvalue weighted by Gasteiger charge is 2.26. The zero-order chi connectivity index (χ0) is 24.9. The number of hydrogen-bond acceptors (Lipinski definition) is 5. The minimum atomic E-state index is -3.53. The van der Waals surface area contributed by atoms with Crippen LogP contribution in [0.2, 0.25) is 0 Å². The average molecular weight is 504 g/mol. The van der Waals surface area contributed by atoms with Crippen molar-refractivity contribution in [3.05, 3.63) is 47.0 Å². The summed E-state index contributed by atoms with van der Waals surface area (Å²) in [4.78, 5) is 17.4. The molecular weight excluding hydrogens is 469 g/mol. The van der Waals surface area contributed by atoms with Crippen LogP contribution < -0.4 is 9.62 Å². The number of aryl methyl sites for hydroxylation is 2. The number of carbonyl (C=O) groups is 1. The number of fused-ring (bicyclic) bond motifs is 1. The minimum absolute atomic E-state index is 0.245. The molecular formula is C25H34N3O4PS. The van der Waals surface area contributed by atoms with E-state index in [1.54, 1.807) is 13.1 Å². The van der Waals surface area contributed by atoms with E-state index in [1.165, 1.54) is 22.3 Å². The number of pyridine rings is 1. The maximum atomic E-state index is 12.8. The van der Waals surface area contributed by atoms with Gasteiger partial charge in [0.1, 0.15) is 11.6 Å². The van der Waals surface area contributed by atoms with E-state index in [1.807, 2.05) is 31.2 Å². The van der Waals surface area contributed by atoms with Gasteiger partial charge in [-0.25, -0.2) is 8.42 Å². The molecule has 1 amide bonds. The molecule has 0 saturated carbocycles. The van der Waals surface area contributed by atoms with E-state index < -0.39 is 10.0 Å². The van der Waals surface area contributed by atoms with Gasteiger partial charge in [0, 0.05) is 19.2 Å². The third kappa shape index (κ3) is 5.78. The average Bonchev–Trinajstić information content (AvgIpc) is 3.18. The van der Waals surface area contributed by atoms with Gasteiger partial charge in [-0.15, -0.1) is 8.58 Å². The van der Waals surface area contributed by atoms with Crippen molar-refractivity contribution in [1.29, 1.82) is 0 Å². The fraction of sp³-hybridized carbons (Fsp3) is 0.440. The number of benzene rings is 1. The van der Waals surface area contributed by atoms with Crippen molar-refractivity contribution in [1.82, 2.24) is 10.3 Å². The quantitative estimate of drug-likeness (QED) is 0.295. The van der Waals surface area contributed by atoms with Crippen LogP contribution >= 0.6 is 8.58 Å². The summed E-state index contributed by atoms with van der Waals surface area (Å²) in [5, 5.41) is 3.25. The van der Waals surface area contributed by atoms with Crippen LogP contribution in [0.3, 0.4) is 0 Å². The first-order valence-electron chi connectivity index (χ1n) is 11.6. The number of sulfonamides is 1. The summed E-state index contributed by atoms with van der Waals surface area (Å²) >= 11 is 0. The van der Waals surface area contributed by atoms with Gasteiger partial charge >= 0.3 is 0 Å². The van der Waals surface area contributed by atoms with Crippen molar-refractivity contribution in [3.8, 4) is 11.3 Å². The number of furan rings is 1. The number of unbranched alkanes of at least 4 members (excludes halogenated alkanes) is 2. The molecule has 1 atom stereocenters. The van der Waals surface area contributed by atoms with Gasteiger partial charge < -0.3 is 9.73 Å². The Labute approximate surface area is 204 Å². The van der Waals surface area contributed by atoms with Gasteiger partial charge in [-0.3, -0.25) is 9.10 Å². The normalized spacial score (nSPS) is 12.0. The molecule has 0 bridgehead atoms. The summed E-state index contributed by atoms with van der Waals surface area (Å²) < 4.78 is 32.7. The van der Waals surface area contributed by atoms with Crippen molar-refractivity contribution in [2.75, 3.05) is 37.0 Å². The van der Waals surface area contributed by atoms with E-state index >= 15 is 0 Å². The smallest absolute Gasteiger partial charge is 0.255 e. The third-order valence-electron chi connectivity index (χ3n) is 5.85. The highest BCUT2D eigenvalue weighted by molar-refractivity contribution is 7.92. The molecule has 0 radical (unpaired) electrons. The van der Waals surface area contributed by atoms with Gasteiger partial charge in [-0.2, -0.15) is 4.98 Å². The molecule has 2 aromatic heterocycles. The van der Waals surface area contributed by atoms with Crippen LogP contribution in [0, 0.1) is 6.92 Å². The summed E-state index contributed by atoms with van der Waals surface area (Å²) in [5.41, 5.74) is 3.27. The lowest BCUT2D eigenvalue weighted by Gasteiger charge is -2.22. The van der Waals surface area contributed by atoms with Crippen LogP contribution in [-0.2, 0) is 16.4 Å². The molecule has 0 aliphatic carbocycles. The molecule has 0 fully saturated rings.